The van der Waals surface area contributed by atoms with Crippen LogP contribution >= 0.6 is 0 Å². The summed E-state index contributed by atoms with van der Waals surface area (Å²) in [5.74, 6) is 0.797. The summed E-state index contributed by atoms with van der Waals surface area (Å²) < 4.78 is 0. The van der Waals surface area contributed by atoms with Gasteiger partial charge in [0.15, 0.2) is 0 Å². The van der Waals surface area contributed by atoms with Crippen LogP contribution in [0.3, 0.4) is 0 Å². The van der Waals surface area contributed by atoms with Crippen LogP contribution in [-0.2, 0) is 16.0 Å². The van der Waals surface area contributed by atoms with Crippen LogP contribution in [-0.4, -0.2) is 17.9 Å². The first kappa shape index (κ1) is 16.0. The Labute approximate surface area is 136 Å². The molecule has 2 amide bonds. The minimum Gasteiger partial charge on any atom is -0.369 e. The van der Waals surface area contributed by atoms with Gasteiger partial charge in [0.05, 0.1) is 6.42 Å². The van der Waals surface area contributed by atoms with E-state index in [2.05, 4.69) is 5.32 Å². The van der Waals surface area contributed by atoms with Gasteiger partial charge in [-0.25, -0.2) is 0 Å². The summed E-state index contributed by atoms with van der Waals surface area (Å²) in [4.78, 5) is 23.4. The Bertz CT molecular complexity index is 570. The Kier molecular flexibility index (Phi) is 4.66. The smallest absolute Gasteiger partial charge is 0.227 e. The number of carbonyl (C=O) groups excluding carboxylic acids is 2. The van der Waals surface area contributed by atoms with Crippen molar-refractivity contribution in [2.45, 2.75) is 44.6 Å². The van der Waals surface area contributed by atoms with Crippen LogP contribution in [0.5, 0.6) is 0 Å². The van der Waals surface area contributed by atoms with Crippen molar-refractivity contribution in [2.24, 2.45) is 29.2 Å². The van der Waals surface area contributed by atoms with Gasteiger partial charge in [0.2, 0.25) is 11.8 Å². The minimum atomic E-state index is -0.355. The van der Waals surface area contributed by atoms with Crippen LogP contribution in [0.4, 0.5) is 5.69 Å². The molecule has 2 saturated carbocycles. The summed E-state index contributed by atoms with van der Waals surface area (Å²) in [6.45, 7) is 0. The van der Waals surface area contributed by atoms with Crippen LogP contribution < -0.4 is 16.8 Å². The number of hydrogen-bond donors (Lipinski definition) is 3. The van der Waals surface area contributed by atoms with E-state index in [1.165, 1.54) is 6.42 Å². The molecule has 2 bridgehead atoms. The highest BCUT2D eigenvalue weighted by molar-refractivity contribution is 5.92. The highest BCUT2D eigenvalue weighted by Crippen LogP contribution is 2.42. The van der Waals surface area contributed by atoms with Gasteiger partial charge in [0.25, 0.3) is 0 Å². The van der Waals surface area contributed by atoms with Gasteiger partial charge in [-0.05, 0) is 55.2 Å². The van der Waals surface area contributed by atoms with Crippen LogP contribution in [0.1, 0.15) is 37.7 Å². The van der Waals surface area contributed by atoms with Gasteiger partial charge in [-0.15, -0.1) is 0 Å². The second-order valence-electron chi connectivity index (χ2n) is 7.03. The molecule has 0 radical (unpaired) electrons. The number of nitrogens with one attached hydrogen (secondary N) is 1. The highest BCUT2D eigenvalue weighted by Gasteiger charge is 2.40. The van der Waals surface area contributed by atoms with Crippen LogP contribution in [0, 0.1) is 17.8 Å². The first-order valence-corrected chi connectivity index (χ1v) is 8.46. The third-order valence-electron chi connectivity index (χ3n) is 5.38. The van der Waals surface area contributed by atoms with Crippen molar-refractivity contribution in [2.75, 3.05) is 5.32 Å². The topological polar surface area (TPSA) is 98.2 Å². The summed E-state index contributed by atoms with van der Waals surface area (Å²) in [6, 6.07) is 7.58. The molecule has 2 unspecified atom stereocenters. The molecule has 5 N–H and O–H groups in total. The SMILES string of the molecule is NC(=O)Cc1ccc(NC(=O)C2CC3CCCC(C2)C3N)cc1. The van der Waals surface area contributed by atoms with E-state index >= 15 is 0 Å². The predicted molar refractivity (Wildman–Crippen MR) is 89.5 cm³/mol. The maximum atomic E-state index is 12.5. The molecule has 2 atom stereocenters. The zero-order valence-corrected chi connectivity index (χ0v) is 13.3. The molecule has 0 saturated heterocycles. The molecule has 3 rings (SSSR count). The van der Waals surface area contributed by atoms with Gasteiger partial charge in [0.1, 0.15) is 0 Å². The van der Waals surface area contributed by atoms with Gasteiger partial charge in [-0.1, -0.05) is 18.6 Å². The van der Waals surface area contributed by atoms with Crippen molar-refractivity contribution in [1.82, 2.24) is 0 Å². The molecule has 1 aromatic rings. The summed E-state index contributed by atoms with van der Waals surface area (Å²) in [6.07, 6.45) is 5.59. The standard InChI is InChI=1S/C18H25N3O2/c19-16(22)8-11-4-6-15(7-5-11)21-18(23)14-9-12-2-1-3-13(10-14)17(12)20/h4-7,12-14,17H,1-3,8-10,20H2,(H2,19,22)(H,21,23). The molecule has 124 valence electrons. The number of nitrogens with two attached hydrogens (primary N) is 2. The van der Waals surface area contributed by atoms with Crippen molar-refractivity contribution in [3.05, 3.63) is 29.8 Å². The number of hydrogen-bond acceptors (Lipinski definition) is 3. The van der Waals surface area contributed by atoms with Gasteiger partial charge in [0, 0.05) is 17.6 Å². The first-order valence-electron chi connectivity index (χ1n) is 8.46. The van der Waals surface area contributed by atoms with Gasteiger partial charge in [-0.2, -0.15) is 0 Å². The molecular weight excluding hydrogens is 290 g/mol. The Morgan fingerprint density at radius 1 is 1.09 bits per heavy atom. The molecule has 23 heavy (non-hydrogen) atoms. The fraction of sp³-hybridized carbons (Fsp3) is 0.556. The largest absolute Gasteiger partial charge is 0.369 e. The number of primary amides is 1. The Hall–Kier alpha value is -1.88. The van der Waals surface area contributed by atoms with Gasteiger partial charge >= 0.3 is 0 Å². The summed E-state index contributed by atoms with van der Waals surface area (Å²) in [5.41, 5.74) is 13.1. The van der Waals surface area contributed by atoms with Crippen LogP contribution in [0.2, 0.25) is 0 Å². The average Bonchev–Trinajstić information content (AvgIpc) is 2.48. The molecule has 0 aliphatic heterocycles. The fourth-order valence-corrected chi connectivity index (χ4v) is 4.15. The summed E-state index contributed by atoms with van der Waals surface area (Å²) in [7, 11) is 0. The van der Waals surface area contributed by atoms with E-state index in [1.807, 2.05) is 24.3 Å². The molecule has 2 aliphatic carbocycles. The Morgan fingerprint density at radius 3 is 2.26 bits per heavy atom. The van der Waals surface area contributed by atoms with Crippen LogP contribution in [0.25, 0.3) is 0 Å². The van der Waals surface area contributed by atoms with E-state index in [0.29, 0.717) is 11.8 Å². The molecule has 2 aliphatic rings. The second-order valence-corrected chi connectivity index (χ2v) is 7.03. The number of rotatable bonds is 4. The van der Waals surface area contributed by atoms with E-state index in [4.69, 9.17) is 11.5 Å². The number of amides is 2. The lowest BCUT2D eigenvalue weighted by Crippen LogP contribution is -2.48. The maximum absolute atomic E-state index is 12.5. The molecule has 0 aromatic heterocycles. The van der Waals surface area contributed by atoms with Gasteiger partial charge in [-0.3, -0.25) is 9.59 Å². The minimum absolute atomic E-state index is 0.0652. The van der Waals surface area contributed by atoms with Crippen molar-refractivity contribution < 1.29 is 9.59 Å². The molecule has 2 fully saturated rings. The number of anilines is 1. The number of fused-ring (bicyclic) bond motifs is 2. The molecule has 1 aromatic carbocycles. The predicted octanol–water partition coefficient (Wildman–Crippen LogP) is 1.81. The van der Waals surface area contributed by atoms with E-state index < -0.39 is 0 Å². The lowest BCUT2D eigenvalue weighted by atomic mass is 9.65. The first-order chi connectivity index (χ1) is 11.0. The monoisotopic (exact) mass is 315 g/mol. The Balaban J connectivity index is 1.60. The Morgan fingerprint density at radius 2 is 1.70 bits per heavy atom. The third kappa shape index (κ3) is 3.72. The summed E-state index contributed by atoms with van der Waals surface area (Å²) >= 11 is 0. The zero-order chi connectivity index (χ0) is 16.4. The van der Waals surface area contributed by atoms with E-state index in [9.17, 15) is 9.59 Å². The molecule has 5 heteroatoms. The van der Waals surface area contributed by atoms with E-state index in [0.717, 1.165) is 36.9 Å². The number of carbonyl (C=O) groups is 2. The van der Waals surface area contributed by atoms with E-state index in [1.54, 1.807) is 0 Å². The van der Waals surface area contributed by atoms with Crippen LogP contribution in [0.15, 0.2) is 24.3 Å². The van der Waals surface area contributed by atoms with Crippen molar-refractivity contribution in [3.8, 4) is 0 Å². The highest BCUT2D eigenvalue weighted by atomic mass is 16.2. The number of benzene rings is 1. The van der Waals surface area contributed by atoms with Crippen molar-refractivity contribution >= 4 is 17.5 Å². The molecule has 0 spiro atoms. The van der Waals surface area contributed by atoms with Crippen molar-refractivity contribution in [3.63, 3.8) is 0 Å². The second kappa shape index (κ2) is 6.71. The quantitative estimate of drug-likeness (QED) is 0.790. The van der Waals surface area contributed by atoms with Crippen molar-refractivity contribution in [1.29, 1.82) is 0 Å². The lowest BCUT2D eigenvalue weighted by Gasteiger charge is -2.43. The normalized spacial score (nSPS) is 29.8. The zero-order valence-electron chi connectivity index (χ0n) is 13.3. The molecular formula is C18H25N3O2. The average molecular weight is 315 g/mol. The summed E-state index contributed by atoms with van der Waals surface area (Å²) in [5, 5.41) is 3.00. The fourth-order valence-electron chi connectivity index (χ4n) is 4.15. The lowest BCUT2D eigenvalue weighted by molar-refractivity contribution is -0.122. The third-order valence-corrected chi connectivity index (χ3v) is 5.38. The van der Waals surface area contributed by atoms with Gasteiger partial charge < -0.3 is 16.8 Å². The molecule has 0 heterocycles. The molecule has 5 nitrogen and oxygen atoms in total. The maximum Gasteiger partial charge on any atom is 0.227 e. The van der Waals surface area contributed by atoms with E-state index in [-0.39, 0.29) is 30.2 Å².